The molecule has 0 aliphatic rings. The van der Waals surface area contributed by atoms with E-state index in [1.54, 1.807) is 0 Å². The molecule has 36 valence electrons. The molecule has 0 spiro atoms. The summed E-state index contributed by atoms with van der Waals surface area (Å²) < 4.78 is 0. The second-order valence-corrected chi connectivity index (χ2v) is 0. The molecule has 0 rings (SSSR count). The van der Waals surface area contributed by atoms with Crippen molar-refractivity contribution >= 4 is 0 Å². The average molecular weight is 159 g/mol. The molecule has 0 bridgehead atoms. The summed E-state index contributed by atoms with van der Waals surface area (Å²) in [5, 5.41) is 7.00. The van der Waals surface area contributed by atoms with E-state index in [-0.39, 0.29) is 34.1 Å². The van der Waals surface area contributed by atoms with Crippen LogP contribution in [0.2, 0.25) is 0 Å². The summed E-state index contributed by atoms with van der Waals surface area (Å²) in [5.74, 6) is 0. The predicted octanol–water partition coefficient (Wildman–Crippen LogP) is -0.397. The van der Waals surface area contributed by atoms with Crippen LogP contribution in [0.15, 0.2) is 0 Å². The molecule has 0 unspecified atom stereocenters. The molecular formula is CH4Cu2O. The number of aliphatic hydroxyl groups is 1. The summed E-state index contributed by atoms with van der Waals surface area (Å²) in [6, 6.07) is 0. The first kappa shape index (κ1) is 20.0. The molecule has 0 saturated heterocycles. The quantitative estimate of drug-likeness (QED) is 0.477. The zero-order valence-corrected chi connectivity index (χ0v) is 3.93. The predicted molar refractivity (Wildman–Crippen MR) is 8.14 cm³/mol. The first-order valence-electron chi connectivity index (χ1n) is 0.447. The molecule has 4 heavy (non-hydrogen) atoms. The maximum atomic E-state index is 7.00. The van der Waals surface area contributed by atoms with E-state index in [1.165, 1.54) is 0 Å². The fourth-order valence-corrected chi connectivity index (χ4v) is 0. The fraction of sp³-hybridized carbons (Fsp3) is 1.00. The molecule has 0 aliphatic heterocycles. The van der Waals surface area contributed by atoms with Crippen LogP contribution in [-0.2, 0) is 34.1 Å². The van der Waals surface area contributed by atoms with Crippen LogP contribution in [0.25, 0.3) is 0 Å². The second kappa shape index (κ2) is 36.0. The maximum absolute atomic E-state index is 7.00. The Labute approximate surface area is 46.7 Å². The molecule has 0 saturated carbocycles. The molecule has 0 aliphatic carbocycles. The molecule has 0 amide bonds. The summed E-state index contributed by atoms with van der Waals surface area (Å²) in [7, 11) is 1.00. The van der Waals surface area contributed by atoms with E-state index in [1.807, 2.05) is 0 Å². The van der Waals surface area contributed by atoms with E-state index < -0.39 is 0 Å². The minimum atomic E-state index is 0. The molecule has 0 aromatic rings. The van der Waals surface area contributed by atoms with E-state index >= 15 is 0 Å². The van der Waals surface area contributed by atoms with Crippen molar-refractivity contribution in [2.45, 2.75) is 0 Å². The Kier molecular flexibility index (Phi) is 180. The molecule has 0 fully saturated rings. The largest absolute Gasteiger partial charge is 0.400 e. The Morgan fingerprint density at radius 1 is 1.00 bits per heavy atom. The van der Waals surface area contributed by atoms with Crippen LogP contribution in [0.5, 0.6) is 0 Å². The molecule has 1 N–H and O–H groups in total. The van der Waals surface area contributed by atoms with Crippen molar-refractivity contribution in [2.24, 2.45) is 0 Å². The van der Waals surface area contributed by atoms with Gasteiger partial charge in [-0.15, -0.1) is 0 Å². The molecule has 0 heterocycles. The zero-order chi connectivity index (χ0) is 2.00. The average Bonchev–Trinajstić information content (AvgIpc) is 1.00. The minimum absolute atomic E-state index is 0. The van der Waals surface area contributed by atoms with Crippen molar-refractivity contribution in [3.63, 3.8) is 0 Å². The zero-order valence-electron chi connectivity index (χ0n) is 2.05. The van der Waals surface area contributed by atoms with Gasteiger partial charge in [-0.3, -0.25) is 0 Å². The van der Waals surface area contributed by atoms with Gasteiger partial charge in [0.2, 0.25) is 0 Å². The van der Waals surface area contributed by atoms with Crippen LogP contribution in [0.1, 0.15) is 0 Å². The number of aliphatic hydroxyl groups excluding tert-OH is 1. The Hall–Kier alpha value is 0.999. The third-order valence-electron chi connectivity index (χ3n) is 0. The molecule has 0 aromatic heterocycles. The Balaban J connectivity index is -0.00000000500. The van der Waals surface area contributed by atoms with E-state index in [0.29, 0.717) is 0 Å². The van der Waals surface area contributed by atoms with E-state index in [0.717, 1.165) is 7.11 Å². The molecule has 3 heteroatoms. The van der Waals surface area contributed by atoms with Crippen molar-refractivity contribution in [3.05, 3.63) is 0 Å². The van der Waals surface area contributed by atoms with Gasteiger partial charge in [-0.05, 0) is 0 Å². The van der Waals surface area contributed by atoms with Gasteiger partial charge >= 0.3 is 0 Å². The van der Waals surface area contributed by atoms with Gasteiger partial charge in [0.15, 0.2) is 0 Å². The van der Waals surface area contributed by atoms with Crippen molar-refractivity contribution in [1.82, 2.24) is 0 Å². The third-order valence-corrected chi connectivity index (χ3v) is 0. The van der Waals surface area contributed by atoms with Gasteiger partial charge in [0.05, 0.1) is 0 Å². The summed E-state index contributed by atoms with van der Waals surface area (Å²) in [4.78, 5) is 0. The Morgan fingerprint density at radius 3 is 1.00 bits per heavy atom. The van der Waals surface area contributed by atoms with Crippen molar-refractivity contribution in [2.75, 3.05) is 7.11 Å². The van der Waals surface area contributed by atoms with Gasteiger partial charge in [-0.25, -0.2) is 0 Å². The topological polar surface area (TPSA) is 20.2 Å². The molecule has 0 atom stereocenters. The van der Waals surface area contributed by atoms with Crippen LogP contribution in [-0.4, -0.2) is 12.2 Å². The van der Waals surface area contributed by atoms with Gasteiger partial charge in [0, 0.05) is 41.2 Å². The van der Waals surface area contributed by atoms with Gasteiger partial charge in [-0.1, -0.05) is 0 Å². The van der Waals surface area contributed by atoms with Gasteiger partial charge < -0.3 is 5.11 Å². The Morgan fingerprint density at radius 2 is 1.00 bits per heavy atom. The number of rotatable bonds is 0. The van der Waals surface area contributed by atoms with Crippen molar-refractivity contribution < 1.29 is 39.2 Å². The van der Waals surface area contributed by atoms with Crippen LogP contribution in [0.4, 0.5) is 0 Å². The summed E-state index contributed by atoms with van der Waals surface area (Å²) >= 11 is 0. The monoisotopic (exact) mass is 158 g/mol. The van der Waals surface area contributed by atoms with Gasteiger partial charge in [0.25, 0.3) is 0 Å². The van der Waals surface area contributed by atoms with Crippen molar-refractivity contribution in [1.29, 1.82) is 0 Å². The Bertz CT molecular complexity index is 6.00. The van der Waals surface area contributed by atoms with E-state index in [9.17, 15) is 0 Å². The van der Waals surface area contributed by atoms with Crippen molar-refractivity contribution in [3.8, 4) is 0 Å². The van der Waals surface area contributed by atoms with Crippen LogP contribution in [0, 0.1) is 0 Å². The van der Waals surface area contributed by atoms with E-state index in [4.69, 9.17) is 5.11 Å². The van der Waals surface area contributed by atoms with Crippen LogP contribution >= 0.6 is 0 Å². The molecular weight excluding hydrogens is 155 g/mol. The van der Waals surface area contributed by atoms with E-state index in [2.05, 4.69) is 0 Å². The first-order chi connectivity index (χ1) is 1.00. The van der Waals surface area contributed by atoms with Crippen LogP contribution in [0.3, 0.4) is 0 Å². The molecule has 1 nitrogen and oxygen atoms in total. The normalized spacial score (nSPS) is 1.50. The fourth-order valence-electron chi connectivity index (χ4n) is 0. The summed E-state index contributed by atoms with van der Waals surface area (Å²) in [5.41, 5.74) is 0. The molecule has 0 aromatic carbocycles. The molecule has 2 radical (unpaired) electrons. The standard InChI is InChI=1S/CH4O.2Cu/c1-2;;/h2H,1H3;;. The number of hydrogen-bond donors (Lipinski definition) is 1. The summed E-state index contributed by atoms with van der Waals surface area (Å²) in [6.07, 6.45) is 0. The third kappa shape index (κ3) is 12.0. The first-order valence-corrected chi connectivity index (χ1v) is 0.447. The minimum Gasteiger partial charge on any atom is -0.400 e. The smallest absolute Gasteiger partial charge is 0.0319 e. The second-order valence-electron chi connectivity index (χ2n) is 0. The van der Waals surface area contributed by atoms with Gasteiger partial charge in [0.1, 0.15) is 0 Å². The number of hydrogen-bond acceptors (Lipinski definition) is 1. The maximum Gasteiger partial charge on any atom is 0.0319 e. The summed E-state index contributed by atoms with van der Waals surface area (Å²) in [6.45, 7) is 0. The van der Waals surface area contributed by atoms with Gasteiger partial charge in [-0.2, -0.15) is 0 Å². The van der Waals surface area contributed by atoms with Crippen LogP contribution < -0.4 is 0 Å². The SMILES string of the molecule is CO.[Cu].[Cu].